The molecule has 8 heteroatoms. The lowest BCUT2D eigenvalue weighted by Crippen LogP contribution is -2.36. The van der Waals surface area contributed by atoms with Crippen molar-refractivity contribution >= 4 is 29.4 Å². The van der Waals surface area contributed by atoms with Gasteiger partial charge in [0.05, 0.1) is 0 Å². The number of anilines is 2. The maximum atomic E-state index is 11.5. The number of aromatic nitrogens is 3. The van der Waals surface area contributed by atoms with E-state index in [0.29, 0.717) is 11.9 Å². The second kappa shape index (κ2) is 6.01. The zero-order valence-electron chi connectivity index (χ0n) is 11.0. The highest BCUT2D eigenvalue weighted by molar-refractivity contribution is 6.28. The van der Waals surface area contributed by atoms with Crippen molar-refractivity contribution < 1.29 is 4.79 Å². The summed E-state index contributed by atoms with van der Waals surface area (Å²) in [6.07, 6.45) is 2.25. The first-order valence-corrected chi connectivity index (χ1v) is 6.62. The molecule has 1 amide bonds. The fourth-order valence-electron chi connectivity index (χ4n) is 1.94. The number of nitrogens with one attached hydrogen (secondary N) is 2. The molecule has 1 atom stereocenters. The summed E-state index contributed by atoms with van der Waals surface area (Å²) in [6, 6.07) is -0.435. The van der Waals surface area contributed by atoms with Crippen LogP contribution >= 0.6 is 11.6 Å². The minimum Gasteiger partial charge on any atom is -0.357 e. The topological polar surface area (TPSA) is 83.0 Å². The van der Waals surface area contributed by atoms with Crippen LogP contribution in [0.3, 0.4) is 0 Å². The molecule has 2 N–H and O–H groups in total. The summed E-state index contributed by atoms with van der Waals surface area (Å²) in [6.45, 7) is 3.57. The van der Waals surface area contributed by atoms with Crippen molar-refractivity contribution in [3.63, 3.8) is 0 Å². The highest BCUT2D eigenvalue weighted by Gasteiger charge is 2.18. The molecule has 1 aromatic heterocycles. The lowest BCUT2D eigenvalue weighted by atomic mass is 10.3. The molecule has 1 saturated heterocycles. The summed E-state index contributed by atoms with van der Waals surface area (Å²) in [5, 5.41) is 5.59. The Hall–Kier alpha value is -1.63. The average molecular weight is 285 g/mol. The second-order valence-corrected chi connectivity index (χ2v) is 4.74. The molecule has 19 heavy (non-hydrogen) atoms. The minimum atomic E-state index is -0.435. The van der Waals surface area contributed by atoms with Crippen molar-refractivity contribution in [2.45, 2.75) is 25.8 Å². The van der Waals surface area contributed by atoms with Crippen molar-refractivity contribution in [2.75, 3.05) is 30.4 Å². The molecule has 0 spiro atoms. The fraction of sp³-hybridized carbons (Fsp3) is 0.636. The molecule has 1 aliphatic rings. The van der Waals surface area contributed by atoms with Gasteiger partial charge in [0.1, 0.15) is 6.04 Å². The smallest absolute Gasteiger partial charge is 0.242 e. The molecule has 0 saturated carbocycles. The van der Waals surface area contributed by atoms with Crippen LogP contribution in [0.25, 0.3) is 0 Å². The first-order chi connectivity index (χ1) is 9.10. The van der Waals surface area contributed by atoms with Crippen LogP contribution in [0.2, 0.25) is 5.28 Å². The van der Waals surface area contributed by atoms with Crippen LogP contribution in [0.1, 0.15) is 19.8 Å². The zero-order valence-corrected chi connectivity index (χ0v) is 11.7. The quantitative estimate of drug-likeness (QED) is 0.846. The van der Waals surface area contributed by atoms with Crippen LogP contribution in [-0.4, -0.2) is 47.0 Å². The average Bonchev–Trinajstić information content (AvgIpc) is 2.90. The molecule has 1 unspecified atom stereocenters. The normalized spacial score (nSPS) is 16.3. The van der Waals surface area contributed by atoms with Crippen molar-refractivity contribution in [1.82, 2.24) is 20.3 Å². The molecule has 0 aromatic carbocycles. The van der Waals surface area contributed by atoms with E-state index in [4.69, 9.17) is 11.6 Å². The number of carbonyl (C=O) groups excluding carboxylic acids is 1. The second-order valence-electron chi connectivity index (χ2n) is 4.40. The van der Waals surface area contributed by atoms with Crippen LogP contribution < -0.4 is 15.5 Å². The van der Waals surface area contributed by atoms with E-state index in [1.54, 1.807) is 14.0 Å². The van der Waals surface area contributed by atoms with Gasteiger partial charge in [-0.15, -0.1) is 0 Å². The van der Waals surface area contributed by atoms with Gasteiger partial charge in [0.25, 0.3) is 0 Å². The van der Waals surface area contributed by atoms with Crippen molar-refractivity contribution in [1.29, 1.82) is 0 Å². The summed E-state index contributed by atoms with van der Waals surface area (Å²) >= 11 is 5.90. The summed E-state index contributed by atoms with van der Waals surface area (Å²) in [7, 11) is 1.58. The molecule has 0 aliphatic carbocycles. The first kappa shape index (κ1) is 13.8. The Labute approximate surface area is 116 Å². The third-order valence-corrected chi connectivity index (χ3v) is 3.14. The number of nitrogens with zero attached hydrogens (tertiary/aromatic N) is 4. The Morgan fingerprint density at radius 2 is 2.00 bits per heavy atom. The lowest BCUT2D eigenvalue weighted by molar-refractivity contribution is -0.121. The predicted molar refractivity (Wildman–Crippen MR) is 73.4 cm³/mol. The Kier molecular flexibility index (Phi) is 4.36. The van der Waals surface area contributed by atoms with E-state index in [1.807, 2.05) is 0 Å². The third kappa shape index (κ3) is 3.44. The summed E-state index contributed by atoms with van der Waals surface area (Å²) in [5.74, 6) is 0.737. The van der Waals surface area contributed by atoms with Crippen LogP contribution in [0.15, 0.2) is 0 Å². The highest BCUT2D eigenvalue weighted by atomic mass is 35.5. The van der Waals surface area contributed by atoms with E-state index in [9.17, 15) is 4.79 Å². The molecule has 0 bridgehead atoms. The Morgan fingerprint density at radius 1 is 1.32 bits per heavy atom. The van der Waals surface area contributed by atoms with Gasteiger partial charge in [-0.2, -0.15) is 15.0 Å². The highest BCUT2D eigenvalue weighted by Crippen LogP contribution is 2.18. The number of amides is 1. The molecule has 104 valence electrons. The molecule has 2 rings (SSSR count). The van der Waals surface area contributed by atoms with Gasteiger partial charge < -0.3 is 15.5 Å². The Balaban J connectivity index is 2.14. The van der Waals surface area contributed by atoms with Gasteiger partial charge in [0.2, 0.25) is 23.1 Å². The number of hydrogen-bond donors (Lipinski definition) is 2. The Morgan fingerprint density at radius 3 is 2.63 bits per heavy atom. The molecular weight excluding hydrogens is 268 g/mol. The number of likely N-dealkylation sites (N-methyl/N-ethyl adjacent to an activating group) is 1. The predicted octanol–water partition coefficient (Wildman–Crippen LogP) is 0.672. The maximum Gasteiger partial charge on any atom is 0.242 e. The minimum absolute atomic E-state index is 0.128. The van der Waals surface area contributed by atoms with E-state index in [-0.39, 0.29) is 11.2 Å². The van der Waals surface area contributed by atoms with Gasteiger partial charge in [-0.25, -0.2) is 0 Å². The van der Waals surface area contributed by atoms with Gasteiger partial charge in [-0.1, -0.05) is 0 Å². The number of hydrogen-bond acceptors (Lipinski definition) is 6. The van der Waals surface area contributed by atoms with E-state index in [2.05, 4.69) is 30.5 Å². The van der Waals surface area contributed by atoms with Crippen LogP contribution in [0, 0.1) is 0 Å². The third-order valence-electron chi connectivity index (χ3n) is 2.97. The Bertz CT molecular complexity index is 462. The summed E-state index contributed by atoms with van der Waals surface area (Å²) < 4.78 is 0. The number of rotatable bonds is 4. The van der Waals surface area contributed by atoms with Gasteiger partial charge >= 0.3 is 0 Å². The number of carbonyl (C=O) groups is 1. The van der Waals surface area contributed by atoms with E-state index >= 15 is 0 Å². The monoisotopic (exact) mass is 284 g/mol. The standard InChI is InChI=1S/C11H17ClN6O/c1-7(8(19)13-2)14-10-15-9(12)16-11(17-10)18-5-3-4-6-18/h7H,3-6H2,1-2H3,(H,13,19)(H,14,15,16,17). The summed E-state index contributed by atoms with van der Waals surface area (Å²) in [4.78, 5) is 25.9. The summed E-state index contributed by atoms with van der Waals surface area (Å²) in [5.41, 5.74) is 0. The fourth-order valence-corrected chi connectivity index (χ4v) is 2.09. The molecule has 1 aliphatic heterocycles. The molecular formula is C11H17ClN6O. The van der Waals surface area contributed by atoms with E-state index < -0.39 is 6.04 Å². The van der Waals surface area contributed by atoms with Gasteiger partial charge in [-0.3, -0.25) is 4.79 Å². The molecule has 2 heterocycles. The van der Waals surface area contributed by atoms with Crippen molar-refractivity contribution in [2.24, 2.45) is 0 Å². The zero-order chi connectivity index (χ0) is 13.8. The van der Waals surface area contributed by atoms with E-state index in [0.717, 1.165) is 25.9 Å². The van der Waals surface area contributed by atoms with Crippen molar-refractivity contribution in [3.05, 3.63) is 5.28 Å². The molecule has 1 aromatic rings. The first-order valence-electron chi connectivity index (χ1n) is 6.25. The van der Waals surface area contributed by atoms with Gasteiger partial charge in [-0.05, 0) is 31.4 Å². The molecule has 7 nitrogen and oxygen atoms in total. The maximum absolute atomic E-state index is 11.5. The van der Waals surface area contributed by atoms with Crippen LogP contribution in [0.5, 0.6) is 0 Å². The lowest BCUT2D eigenvalue weighted by Gasteiger charge is -2.17. The van der Waals surface area contributed by atoms with Gasteiger partial charge in [0, 0.05) is 20.1 Å². The number of halogens is 1. The molecule has 1 fully saturated rings. The van der Waals surface area contributed by atoms with Crippen molar-refractivity contribution in [3.8, 4) is 0 Å². The molecule has 0 radical (unpaired) electrons. The van der Waals surface area contributed by atoms with Crippen LogP contribution in [0.4, 0.5) is 11.9 Å². The van der Waals surface area contributed by atoms with E-state index in [1.165, 1.54) is 0 Å². The van der Waals surface area contributed by atoms with Crippen LogP contribution in [-0.2, 0) is 4.79 Å². The van der Waals surface area contributed by atoms with Gasteiger partial charge in [0.15, 0.2) is 0 Å². The SMILES string of the molecule is CNC(=O)C(C)Nc1nc(Cl)nc(N2CCCC2)n1. The largest absolute Gasteiger partial charge is 0.357 e.